The Morgan fingerprint density at radius 3 is 2.78 bits per heavy atom. The van der Waals surface area contributed by atoms with E-state index in [9.17, 15) is 0 Å². The zero-order chi connectivity index (χ0) is 15.6. The second kappa shape index (κ2) is 6.54. The molecule has 2 aliphatic heterocycles. The van der Waals surface area contributed by atoms with Crippen LogP contribution in [0.25, 0.3) is 0 Å². The first-order chi connectivity index (χ1) is 11.3. The molecule has 1 atom stereocenters. The largest absolute Gasteiger partial charge is 0.490 e. The van der Waals surface area contributed by atoms with Crippen LogP contribution in [0.4, 0.5) is 5.69 Å². The van der Waals surface area contributed by atoms with Crippen LogP contribution in [0.3, 0.4) is 0 Å². The van der Waals surface area contributed by atoms with Gasteiger partial charge in [0.1, 0.15) is 0 Å². The summed E-state index contributed by atoms with van der Waals surface area (Å²) in [5, 5.41) is 0. The summed E-state index contributed by atoms with van der Waals surface area (Å²) in [7, 11) is 0. The first-order valence-corrected chi connectivity index (χ1v) is 9.05. The molecular formula is C19H21BrN2O. The molecule has 120 valence electrons. The van der Waals surface area contributed by atoms with Gasteiger partial charge in [0, 0.05) is 38.6 Å². The number of rotatable bonds is 2. The van der Waals surface area contributed by atoms with Gasteiger partial charge in [0.05, 0.1) is 16.8 Å². The van der Waals surface area contributed by atoms with Crippen LogP contribution in [0.1, 0.15) is 12.0 Å². The molecule has 0 radical (unpaired) electrons. The van der Waals surface area contributed by atoms with Crippen molar-refractivity contribution >= 4 is 21.6 Å². The van der Waals surface area contributed by atoms with E-state index < -0.39 is 0 Å². The Hall–Kier alpha value is -1.52. The molecule has 4 rings (SSSR count). The van der Waals surface area contributed by atoms with Gasteiger partial charge in [-0.05, 0) is 33.6 Å². The van der Waals surface area contributed by atoms with Crippen LogP contribution >= 0.6 is 15.9 Å². The first kappa shape index (κ1) is 15.0. The van der Waals surface area contributed by atoms with E-state index in [4.69, 9.17) is 4.74 Å². The van der Waals surface area contributed by atoms with Gasteiger partial charge in [-0.25, -0.2) is 0 Å². The molecule has 0 N–H and O–H groups in total. The average molecular weight is 373 g/mol. The van der Waals surface area contributed by atoms with Crippen LogP contribution in [0.15, 0.2) is 53.0 Å². The Balaban J connectivity index is 1.52. The maximum Gasteiger partial charge on any atom is 0.156 e. The van der Waals surface area contributed by atoms with Gasteiger partial charge in [0.25, 0.3) is 0 Å². The third kappa shape index (κ3) is 3.10. The SMILES string of the molecule is Brc1cccc2c1OCC[C@H]1CN(Cc3ccccc3)CCN21. The second-order valence-electron chi connectivity index (χ2n) is 6.29. The summed E-state index contributed by atoms with van der Waals surface area (Å²) >= 11 is 3.63. The van der Waals surface area contributed by atoms with E-state index >= 15 is 0 Å². The van der Waals surface area contributed by atoms with E-state index in [0.717, 1.165) is 49.4 Å². The number of nitrogens with zero attached hydrogens (tertiary/aromatic N) is 2. The highest BCUT2D eigenvalue weighted by Gasteiger charge is 2.31. The van der Waals surface area contributed by atoms with Gasteiger partial charge in [0.15, 0.2) is 5.75 Å². The van der Waals surface area contributed by atoms with E-state index in [1.165, 1.54) is 11.3 Å². The Kier molecular flexibility index (Phi) is 4.27. The smallest absolute Gasteiger partial charge is 0.156 e. The van der Waals surface area contributed by atoms with Crippen molar-refractivity contribution in [3.05, 3.63) is 58.6 Å². The topological polar surface area (TPSA) is 15.7 Å². The van der Waals surface area contributed by atoms with Crippen molar-refractivity contribution < 1.29 is 4.74 Å². The summed E-state index contributed by atoms with van der Waals surface area (Å²) in [6, 6.07) is 17.6. The fourth-order valence-corrected chi connectivity index (χ4v) is 4.10. The molecule has 0 bridgehead atoms. The van der Waals surface area contributed by atoms with E-state index in [1.54, 1.807) is 0 Å². The van der Waals surface area contributed by atoms with Crippen LogP contribution in [0, 0.1) is 0 Å². The minimum Gasteiger partial charge on any atom is -0.490 e. The molecule has 2 heterocycles. The predicted octanol–water partition coefficient (Wildman–Crippen LogP) is 3.92. The lowest BCUT2D eigenvalue weighted by Crippen LogP contribution is -2.52. The van der Waals surface area contributed by atoms with Crippen LogP contribution < -0.4 is 9.64 Å². The molecule has 2 aromatic carbocycles. The third-order valence-corrected chi connectivity index (χ3v) is 5.39. The lowest BCUT2D eigenvalue weighted by Gasteiger charge is -2.42. The van der Waals surface area contributed by atoms with Crippen LogP contribution in [0.5, 0.6) is 5.75 Å². The van der Waals surface area contributed by atoms with Gasteiger partial charge in [0.2, 0.25) is 0 Å². The van der Waals surface area contributed by atoms with E-state index in [2.05, 4.69) is 74.3 Å². The summed E-state index contributed by atoms with van der Waals surface area (Å²) in [6.45, 7) is 5.08. The van der Waals surface area contributed by atoms with Crippen molar-refractivity contribution in [1.82, 2.24) is 4.90 Å². The summed E-state index contributed by atoms with van der Waals surface area (Å²) < 4.78 is 7.08. The molecular weight excluding hydrogens is 352 g/mol. The summed E-state index contributed by atoms with van der Waals surface area (Å²) in [5.41, 5.74) is 2.63. The number of fused-ring (bicyclic) bond motifs is 3. The fraction of sp³-hybridized carbons (Fsp3) is 0.368. The van der Waals surface area contributed by atoms with Gasteiger partial charge in [-0.15, -0.1) is 0 Å². The Bertz CT molecular complexity index is 676. The maximum atomic E-state index is 6.02. The monoisotopic (exact) mass is 372 g/mol. The van der Waals surface area contributed by atoms with Crippen molar-refractivity contribution in [2.24, 2.45) is 0 Å². The summed E-state index contributed by atoms with van der Waals surface area (Å²) in [6.07, 6.45) is 1.08. The van der Waals surface area contributed by atoms with Crippen LogP contribution in [-0.4, -0.2) is 37.2 Å². The Labute approximate surface area is 146 Å². The molecule has 0 unspecified atom stereocenters. The molecule has 1 fully saturated rings. The van der Waals surface area contributed by atoms with Crippen molar-refractivity contribution in [2.75, 3.05) is 31.1 Å². The summed E-state index contributed by atoms with van der Waals surface area (Å²) in [5.74, 6) is 1.01. The fourth-order valence-electron chi connectivity index (χ4n) is 3.63. The average Bonchev–Trinajstić information content (AvgIpc) is 2.76. The molecule has 1 saturated heterocycles. The number of hydrogen-bond acceptors (Lipinski definition) is 3. The molecule has 0 spiro atoms. The van der Waals surface area contributed by atoms with Gasteiger partial charge in [-0.2, -0.15) is 0 Å². The molecule has 0 saturated carbocycles. The van der Waals surface area contributed by atoms with Crippen molar-refractivity contribution in [3.8, 4) is 5.75 Å². The van der Waals surface area contributed by atoms with E-state index in [1.807, 2.05) is 0 Å². The van der Waals surface area contributed by atoms with Gasteiger partial charge in [-0.3, -0.25) is 4.90 Å². The lowest BCUT2D eigenvalue weighted by molar-refractivity contribution is 0.202. The van der Waals surface area contributed by atoms with Crippen molar-refractivity contribution in [1.29, 1.82) is 0 Å². The van der Waals surface area contributed by atoms with Crippen molar-refractivity contribution in [2.45, 2.75) is 19.0 Å². The van der Waals surface area contributed by atoms with Crippen molar-refractivity contribution in [3.63, 3.8) is 0 Å². The standard InChI is InChI=1S/C19H21BrN2O/c20-17-7-4-8-18-19(17)23-12-9-16-14-21(10-11-22(16)18)13-15-5-2-1-3-6-15/h1-8,16H,9-14H2/t16-/m0/s1. The minimum absolute atomic E-state index is 0.531. The van der Waals surface area contributed by atoms with Crippen LogP contribution in [0.2, 0.25) is 0 Å². The lowest BCUT2D eigenvalue weighted by atomic mass is 10.1. The highest BCUT2D eigenvalue weighted by atomic mass is 79.9. The number of ether oxygens (including phenoxy) is 1. The number of benzene rings is 2. The number of hydrogen-bond donors (Lipinski definition) is 0. The molecule has 0 aliphatic carbocycles. The predicted molar refractivity (Wildman–Crippen MR) is 97.1 cm³/mol. The maximum absolute atomic E-state index is 6.02. The molecule has 2 aromatic rings. The molecule has 0 aromatic heterocycles. The van der Waals surface area contributed by atoms with Crippen LogP contribution in [-0.2, 0) is 6.54 Å². The van der Waals surface area contributed by atoms with E-state index in [-0.39, 0.29) is 0 Å². The molecule has 4 heteroatoms. The molecule has 2 aliphatic rings. The number of anilines is 1. The number of para-hydroxylation sites is 1. The second-order valence-corrected chi connectivity index (χ2v) is 7.15. The zero-order valence-electron chi connectivity index (χ0n) is 13.1. The number of halogens is 1. The van der Waals surface area contributed by atoms with Gasteiger partial charge in [-0.1, -0.05) is 36.4 Å². The third-order valence-electron chi connectivity index (χ3n) is 4.77. The van der Waals surface area contributed by atoms with Gasteiger partial charge < -0.3 is 9.64 Å². The van der Waals surface area contributed by atoms with Gasteiger partial charge >= 0.3 is 0 Å². The highest BCUT2D eigenvalue weighted by Crippen LogP contribution is 2.39. The molecule has 3 nitrogen and oxygen atoms in total. The quantitative estimate of drug-likeness (QED) is 0.794. The first-order valence-electron chi connectivity index (χ1n) is 8.25. The summed E-state index contributed by atoms with van der Waals surface area (Å²) in [4.78, 5) is 5.11. The Morgan fingerprint density at radius 1 is 1.04 bits per heavy atom. The minimum atomic E-state index is 0.531. The molecule has 23 heavy (non-hydrogen) atoms. The zero-order valence-corrected chi connectivity index (χ0v) is 14.7. The normalized spacial score (nSPS) is 21.1. The Morgan fingerprint density at radius 2 is 1.91 bits per heavy atom. The number of piperazine rings is 1. The van der Waals surface area contributed by atoms with E-state index in [0.29, 0.717) is 6.04 Å². The molecule has 0 amide bonds. The highest BCUT2D eigenvalue weighted by molar-refractivity contribution is 9.10.